The summed E-state index contributed by atoms with van der Waals surface area (Å²) in [6, 6.07) is 18.7. The number of aryl methyl sites for hydroxylation is 1. The van der Waals surface area contributed by atoms with E-state index < -0.39 is 0 Å². The van der Waals surface area contributed by atoms with E-state index in [1.807, 2.05) is 43.3 Å². The third-order valence-electron chi connectivity index (χ3n) is 3.35. The monoisotopic (exact) mass is 382 g/mol. The first-order chi connectivity index (χ1) is 11.6. The molecule has 1 aromatic heterocycles. The van der Waals surface area contributed by atoms with Crippen LogP contribution in [0.5, 0.6) is 0 Å². The summed E-state index contributed by atoms with van der Waals surface area (Å²) in [6.07, 6.45) is 0. The van der Waals surface area contributed by atoms with Crippen LogP contribution in [0.2, 0.25) is 0 Å². The Kier molecular flexibility index (Phi) is 4.86. The standard InChI is InChI=1S/C18H15BrN4O/c1-12-6-8-13(9-7-12)20-16-10-11-17(23-22-16)21-18(24)14-4-2-3-5-15(14)19/h2-11H,1H3,(H,20,22)(H,21,23,24). The van der Waals surface area contributed by atoms with Crippen LogP contribution in [0.1, 0.15) is 15.9 Å². The third-order valence-corrected chi connectivity index (χ3v) is 4.04. The summed E-state index contributed by atoms with van der Waals surface area (Å²) >= 11 is 3.36. The molecular weight excluding hydrogens is 368 g/mol. The number of carbonyl (C=O) groups excluding carboxylic acids is 1. The SMILES string of the molecule is Cc1ccc(Nc2ccc(NC(=O)c3ccccc3Br)nn2)cc1. The molecule has 0 fully saturated rings. The lowest BCUT2D eigenvalue weighted by Crippen LogP contribution is -2.14. The number of hydrogen-bond acceptors (Lipinski definition) is 4. The Morgan fingerprint density at radius 1 is 0.917 bits per heavy atom. The number of halogens is 1. The van der Waals surface area contributed by atoms with Crippen molar-refractivity contribution in [3.8, 4) is 0 Å². The molecule has 2 N–H and O–H groups in total. The molecule has 0 aliphatic carbocycles. The summed E-state index contributed by atoms with van der Waals surface area (Å²) in [6.45, 7) is 2.03. The summed E-state index contributed by atoms with van der Waals surface area (Å²) in [5.41, 5.74) is 2.66. The Bertz CT molecular complexity index is 848. The molecule has 0 radical (unpaired) electrons. The van der Waals surface area contributed by atoms with Crippen molar-refractivity contribution in [3.63, 3.8) is 0 Å². The summed E-state index contributed by atoms with van der Waals surface area (Å²) in [7, 11) is 0. The molecule has 0 saturated carbocycles. The van der Waals surface area contributed by atoms with Crippen molar-refractivity contribution in [3.05, 3.63) is 76.3 Å². The lowest BCUT2D eigenvalue weighted by atomic mass is 10.2. The third kappa shape index (κ3) is 3.97. The van der Waals surface area contributed by atoms with Gasteiger partial charge in [0.15, 0.2) is 11.6 Å². The van der Waals surface area contributed by atoms with E-state index >= 15 is 0 Å². The largest absolute Gasteiger partial charge is 0.339 e. The second-order valence-corrected chi connectivity index (χ2v) is 6.08. The van der Waals surface area contributed by atoms with E-state index in [1.165, 1.54) is 5.56 Å². The van der Waals surface area contributed by atoms with E-state index in [0.717, 1.165) is 10.2 Å². The van der Waals surface area contributed by atoms with Gasteiger partial charge >= 0.3 is 0 Å². The molecular formula is C18H15BrN4O. The molecule has 0 aliphatic heterocycles. The van der Waals surface area contributed by atoms with Gasteiger partial charge in [0, 0.05) is 10.2 Å². The Morgan fingerprint density at radius 3 is 2.25 bits per heavy atom. The highest BCUT2D eigenvalue weighted by molar-refractivity contribution is 9.10. The van der Waals surface area contributed by atoms with Gasteiger partial charge in [-0.05, 0) is 59.3 Å². The Morgan fingerprint density at radius 2 is 1.58 bits per heavy atom. The van der Waals surface area contributed by atoms with Gasteiger partial charge in [-0.25, -0.2) is 0 Å². The van der Waals surface area contributed by atoms with Crippen molar-refractivity contribution >= 4 is 39.2 Å². The molecule has 3 rings (SSSR count). The smallest absolute Gasteiger partial charge is 0.258 e. The summed E-state index contributed by atoms with van der Waals surface area (Å²) in [5.74, 6) is 0.763. The second-order valence-electron chi connectivity index (χ2n) is 5.23. The van der Waals surface area contributed by atoms with Crippen LogP contribution >= 0.6 is 15.9 Å². The molecule has 3 aromatic rings. The van der Waals surface area contributed by atoms with Crippen molar-refractivity contribution in [2.75, 3.05) is 10.6 Å². The fourth-order valence-corrected chi connectivity index (χ4v) is 2.54. The summed E-state index contributed by atoms with van der Waals surface area (Å²) in [5, 5.41) is 14.0. The van der Waals surface area contributed by atoms with Crippen LogP contribution in [0.4, 0.5) is 17.3 Å². The highest BCUT2D eigenvalue weighted by Crippen LogP contribution is 2.18. The number of carbonyl (C=O) groups is 1. The fraction of sp³-hybridized carbons (Fsp3) is 0.0556. The number of nitrogens with one attached hydrogen (secondary N) is 2. The van der Waals surface area contributed by atoms with E-state index in [0.29, 0.717) is 17.2 Å². The van der Waals surface area contributed by atoms with Crippen LogP contribution in [0.25, 0.3) is 0 Å². The molecule has 1 heterocycles. The molecule has 0 bridgehead atoms. The molecule has 0 spiro atoms. The van der Waals surface area contributed by atoms with Crippen molar-refractivity contribution in [1.29, 1.82) is 0 Å². The lowest BCUT2D eigenvalue weighted by Gasteiger charge is -2.08. The zero-order valence-electron chi connectivity index (χ0n) is 13.0. The van der Waals surface area contributed by atoms with Gasteiger partial charge in [-0.2, -0.15) is 0 Å². The van der Waals surface area contributed by atoms with Crippen LogP contribution in [0.15, 0.2) is 65.1 Å². The van der Waals surface area contributed by atoms with Crippen LogP contribution in [0, 0.1) is 6.92 Å². The van der Waals surface area contributed by atoms with E-state index in [2.05, 4.69) is 36.8 Å². The fourth-order valence-electron chi connectivity index (χ4n) is 2.08. The van der Waals surface area contributed by atoms with Gasteiger partial charge in [-0.3, -0.25) is 4.79 Å². The molecule has 0 unspecified atom stereocenters. The molecule has 1 amide bonds. The van der Waals surface area contributed by atoms with Crippen molar-refractivity contribution in [2.24, 2.45) is 0 Å². The molecule has 6 heteroatoms. The Labute approximate surface area is 148 Å². The van der Waals surface area contributed by atoms with Gasteiger partial charge < -0.3 is 10.6 Å². The molecule has 0 aliphatic rings. The molecule has 2 aromatic carbocycles. The minimum Gasteiger partial charge on any atom is -0.339 e. The molecule has 0 saturated heterocycles. The number of benzene rings is 2. The molecule has 24 heavy (non-hydrogen) atoms. The minimum atomic E-state index is -0.240. The number of anilines is 3. The maximum absolute atomic E-state index is 12.2. The summed E-state index contributed by atoms with van der Waals surface area (Å²) in [4.78, 5) is 12.2. The van der Waals surface area contributed by atoms with Crippen molar-refractivity contribution in [1.82, 2.24) is 10.2 Å². The second kappa shape index (κ2) is 7.23. The van der Waals surface area contributed by atoms with Crippen molar-refractivity contribution < 1.29 is 4.79 Å². The quantitative estimate of drug-likeness (QED) is 0.694. The number of amides is 1. The van der Waals surface area contributed by atoms with Crippen LogP contribution in [-0.2, 0) is 0 Å². The molecule has 0 atom stereocenters. The predicted octanol–water partition coefficient (Wildman–Crippen LogP) is 4.54. The summed E-state index contributed by atoms with van der Waals surface area (Å²) < 4.78 is 0.730. The van der Waals surface area contributed by atoms with Gasteiger partial charge in [0.25, 0.3) is 5.91 Å². The first-order valence-electron chi connectivity index (χ1n) is 7.35. The topological polar surface area (TPSA) is 66.9 Å². The first kappa shape index (κ1) is 16.1. The van der Waals surface area contributed by atoms with Crippen molar-refractivity contribution in [2.45, 2.75) is 6.92 Å². The zero-order chi connectivity index (χ0) is 16.9. The molecule has 120 valence electrons. The van der Waals surface area contributed by atoms with E-state index in [4.69, 9.17) is 0 Å². The van der Waals surface area contributed by atoms with Gasteiger partial charge in [0.2, 0.25) is 0 Å². The molecule has 5 nitrogen and oxygen atoms in total. The zero-order valence-corrected chi connectivity index (χ0v) is 14.5. The maximum atomic E-state index is 12.2. The first-order valence-corrected chi connectivity index (χ1v) is 8.14. The van der Waals surface area contributed by atoms with Gasteiger partial charge in [0.05, 0.1) is 5.56 Å². The van der Waals surface area contributed by atoms with Crippen LogP contribution < -0.4 is 10.6 Å². The Hall–Kier alpha value is -2.73. The number of aromatic nitrogens is 2. The predicted molar refractivity (Wildman–Crippen MR) is 98.6 cm³/mol. The number of rotatable bonds is 4. The number of hydrogen-bond donors (Lipinski definition) is 2. The Balaban J connectivity index is 1.67. The van der Waals surface area contributed by atoms with Crippen LogP contribution in [-0.4, -0.2) is 16.1 Å². The van der Waals surface area contributed by atoms with Crippen LogP contribution in [0.3, 0.4) is 0 Å². The minimum absolute atomic E-state index is 0.240. The normalized spacial score (nSPS) is 10.2. The average Bonchev–Trinajstić information content (AvgIpc) is 2.59. The van der Waals surface area contributed by atoms with E-state index in [1.54, 1.807) is 24.3 Å². The number of nitrogens with zero attached hydrogens (tertiary/aromatic N) is 2. The maximum Gasteiger partial charge on any atom is 0.258 e. The average molecular weight is 383 g/mol. The van der Waals surface area contributed by atoms with Gasteiger partial charge in [-0.15, -0.1) is 10.2 Å². The highest BCUT2D eigenvalue weighted by Gasteiger charge is 2.10. The van der Waals surface area contributed by atoms with Gasteiger partial charge in [0.1, 0.15) is 0 Å². The lowest BCUT2D eigenvalue weighted by molar-refractivity contribution is 0.102. The van der Waals surface area contributed by atoms with E-state index in [-0.39, 0.29) is 5.91 Å². The highest BCUT2D eigenvalue weighted by atomic mass is 79.9. The van der Waals surface area contributed by atoms with Gasteiger partial charge in [-0.1, -0.05) is 29.8 Å². The van der Waals surface area contributed by atoms with E-state index in [9.17, 15) is 4.79 Å².